The zero-order valence-corrected chi connectivity index (χ0v) is 9.26. The number of piperazine rings is 1. The van der Waals surface area contributed by atoms with Gasteiger partial charge < -0.3 is 15.5 Å². The van der Waals surface area contributed by atoms with Gasteiger partial charge in [-0.05, 0) is 6.07 Å². The van der Waals surface area contributed by atoms with E-state index in [0.29, 0.717) is 0 Å². The van der Waals surface area contributed by atoms with Crippen LogP contribution in [0.1, 0.15) is 11.6 Å². The fourth-order valence-electron chi connectivity index (χ4n) is 2.17. The first-order valence-corrected chi connectivity index (χ1v) is 5.66. The van der Waals surface area contributed by atoms with Crippen molar-refractivity contribution in [1.82, 2.24) is 10.2 Å². The summed E-state index contributed by atoms with van der Waals surface area (Å²) in [5.41, 5.74) is 0.812. The third-order valence-corrected chi connectivity index (χ3v) is 3.06. The van der Waals surface area contributed by atoms with E-state index in [-0.39, 0.29) is 18.4 Å². The molecule has 0 spiro atoms. The summed E-state index contributed by atoms with van der Waals surface area (Å²) in [5.74, 6) is 0.264. The van der Waals surface area contributed by atoms with Crippen molar-refractivity contribution in [2.24, 2.45) is 0 Å². The number of benzene rings is 1. The molecule has 0 bridgehead atoms. The minimum Gasteiger partial charge on any atom is -0.508 e. The fourth-order valence-corrected chi connectivity index (χ4v) is 2.17. The van der Waals surface area contributed by atoms with E-state index in [2.05, 4.69) is 10.2 Å². The monoisotopic (exact) mass is 222 g/mol. The molecule has 1 fully saturated rings. The summed E-state index contributed by atoms with van der Waals surface area (Å²) in [5, 5.41) is 22.5. The Kier molecular flexibility index (Phi) is 3.77. The first-order valence-electron chi connectivity index (χ1n) is 5.66. The molecule has 1 aromatic rings. The van der Waals surface area contributed by atoms with Gasteiger partial charge >= 0.3 is 0 Å². The Labute approximate surface area is 95.5 Å². The summed E-state index contributed by atoms with van der Waals surface area (Å²) in [6.07, 6.45) is 0. The number of aliphatic hydroxyl groups is 1. The predicted molar refractivity (Wildman–Crippen MR) is 62.4 cm³/mol. The van der Waals surface area contributed by atoms with E-state index in [1.807, 2.05) is 12.1 Å². The smallest absolute Gasteiger partial charge is 0.120 e. The summed E-state index contributed by atoms with van der Waals surface area (Å²) in [6, 6.07) is 7.13. The molecule has 16 heavy (non-hydrogen) atoms. The first kappa shape index (κ1) is 11.4. The van der Waals surface area contributed by atoms with Gasteiger partial charge in [-0.2, -0.15) is 0 Å². The highest BCUT2D eigenvalue weighted by atomic mass is 16.3. The lowest BCUT2D eigenvalue weighted by Gasteiger charge is -2.34. The lowest BCUT2D eigenvalue weighted by Crippen LogP contribution is -2.46. The average Bonchev–Trinajstić information content (AvgIpc) is 2.34. The molecule has 3 N–H and O–H groups in total. The maximum atomic E-state index is 9.79. The van der Waals surface area contributed by atoms with Crippen LogP contribution in [-0.2, 0) is 0 Å². The van der Waals surface area contributed by atoms with E-state index in [0.717, 1.165) is 31.7 Å². The third kappa shape index (κ3) is 2.35. The zero-order valence-electron chi connectivity index (χ0n) is 9.26. The molecule has 0 unspecified atom stereocenters. The van der Waals surface area contributed by atoms with Crippen LogP contribution in [0.3, 0.4) is 0 Å². The number of phenolic OH excluding ortho intramolecular Hbond substituents is 1. The van der Waals surface area contributed by atoms with Gasteiger partial charge in [-0.15, -0.1) is 0 Å². The first-order chi connectivity index (χ1) is 7.83. The van der Waals surface area contributed by atoms with Gasteiger partial charge in [0.25, 0.3) is 0 Å². The van der Waals surface area contributed by atoms with Crippen molar-refractivity contribution in [3.8, 4) is 5.75 Å². The number of nitrogens with one attached hydrogen (secondary N) is 1. The molecule has 0 amide bonds. The molecule has 1 aromatic carbocycles. The van der Waals surface area contributed by atoms with Crippen LogP contribution < -0.4 is 5.32 Å². The van der Waals surface area contributed by atoms with E-state index < -0.39 is 0 Å². The quantitative estimate of drug-likeness (QED) is 0.690. The number of hydrogen-bond donors (Lipinski definition) is 3. The predicted octanol–water partition coefficient (Wildman–Crippen LogP) is 0.331. The number of para-hydroxylation sites is 1. The number of phenols is 1. The Morgan fingerprint density at radius 1 is 1.25 bits per heavy atom. The molecule has 88 valence electrons. The summed E-state index contributed by atoms with van der Waals surface area (Å²) in [7, 11) is 0. The molecule has 1 aliphatic heterocycles. The van der Waals surface area contributed by atoms with Crippen LogP contribution in [-0.4, -0.2) is 47.9 Å². The van der Waals surface area contributed by atoms with E-state index in [1.54, 1.807) is 12.1 Å². The molecule has 0 aromatic heterocycles. The summed E-state index contributed by atoms with van der Waals surface area (Å²) >= 11 is 0. The van der Waals surface area contributed by atoms with Gasteiger partial charge in [-0.1, -0.05) is 18.2 Å². The van der Waals surface area contributed by atoms with Crippen LogP contribution in [0.4, 0.5) is 0 Å². The third-order valence-electron chi connectivity index (χ3n) is 3.06. The molecular weight excluding hydrogens is 204 g/mol. The van der Waals surface area contributed by atoms with Crippen LogP contribution in [0.5, 0.6) is 5.75 Å². The lowest BCUT2D eigenvalue weighted by molar-refractivity contribution is 0.109. The highest BCUT2D eigenvalue weighted by Gasteiger charge is 2.23. The second-order valence-corrected chi connectivity index (χ2v) is 4.04. The number of aromatic hydroxyl groups is 1. The van der Waals surface area contributed by atoms with Crippen LogP contribution in [0, 0.1) is 0 Å². The van der Waals surface area contributed by atoms with Gasteiger partial charge in [0.15, 0.2) is 0 Å². The standard InChI is InChI=1S/C12H18N2O2/c15-9-11(14-7-5-13-6-8-14)10-3-1-2-4-12(10)16/h1-4,11,13,15-16H,5-9H2/t11-/m1/s1. The van der Waals surface area contributed by atoms with Crippen LogP contribution in [0.25, 0.3) is 0 Å². The van der Waals surface area contributed by atoms with Gasteiger partial charge in [-0.25, -0.2) is 0 Å². The molecule has 4 heteroatoms. The molecule has 4 nitrogen and oxygen atoms in total. The Hall–Kier alpha value is -1.10. The second-order valence-electron chi connectivity index (χ2n) is 4.04. The SMILES string of the molecule is OC[C@H](c1ccccc1O)N1CCNCC1. The molecule has 1 heterocycles. The topological polar surface area (TPSA) is 55.7 Å². The van der Waals surface area contributed by atoms with Crippen molar-refractivity contribution in [2.75, 3.05) is 32.8 Å². The molecule has 1 aliphatic rings. The molecule has 1 saturated heterocycles. The highest BCUT2D eigenvalue weighted by Crippen LogP contribution is 2.28. The molecular formula is C12H18N2O2. The van der Waals surface area contributed by atoms with E-state index in [1.165, 1.54) is 0 Å². The average molecular weight is 222 g/mol. The molecule has 2 rings (SSSR count). The van der Waals surface area contributed by atoms with Gasteiger partial charge in [0.05, 0.1) is 12.6 Å². The zero-order chi connectivity index (χ0) is 11.4. The number of nitrogens with zero attached hydrogens (tertiary/aromatic N) is 1. The lowest BCUT2D eigenvalue weighted by atomic mass is 10.0. The van der Waals surface area contributed by atoms with Gasteiger partial charge in [0.1, 0.15) is 5.75 Å². The van der Waals surface area contributed by atoms with Crippen molar-refractivity contribution >= 4 is 0 Å². The summed E-state index contributed by atoms with van der Waals surface area (Å²) in [6.45, 7) is 3.71. The Balaban J connectivity index is 2.18. The molecule has 0 radical (unpaired) electrons. The second kappa shape index (κ2) is 5.30. The van der Waals surface area contributed by atoms with Crippen molar-refractivity contribution in [2.45, 2.75) is 6.04 Å². The van der Waals surface area contributed by atoms with E-state index >= 15 is 0 Å². The molecule has 1 atom stereocenters. The molecule has 0 saturated carbocycles. The van der Waals surface area contributed by atoms with Crippen LogP contribution in [0.2, 0.25) is 0 Å². The minimum atomic E-state index is -0.0942. The van der Waals surface area contributed by atoms with Crippen LogP contribution >= 0.6 is 0 Å². The summed E-state index contributed by atoms with van der Waals surface area (Å²) < 4.78 is 0. The van der Waals surface area contributed by atoms with Gasteiger partial charge in [0.2, 0.25) is 0 Å². The van der Waals surface area contributed by atoms with E-state index in [4.69, 9.17) is 0 Å². The largest absolute Gasteiger partial charge is 0.508 e. The number of aliphatic hydroxyl groups excluding tert-OH is 1. The normalized spacial score (nSPS) is 19.6. The van der Waals surface area contributed by atoms with Gasteiger partial charge in [0, 0.05) is 31.7 Å². The Morgan fingerprint density at radius 3 is 2.56 bits per heavy atom. The maximum absolute atomic E-state index is 9.79. The molecule has 0 aliphatic carbocycles. The number of rotatable bonds is 3. The maximum Gasteiger partial charge on any atom is 0.120 e. The highest BCUT2D eigenvalue weighted by molar-refractivity contribution is 5.34. The van der Waals surface area contributed by atoms with E-state index in [9.17, 15) is 10.2 Å². The van der Waals surface area contributed by atoms with Crippen LogP contribution in [0.15, 0.2) is 24.3 Å². The number of hydrogen-bond acceptors (Lipinski definition) is 4. The van der Waals surface area contributed by atoms with Gasteiger partial charge in [-0.3, -0.25) is 4.90 Å². The van der Waals surface area contributed by atoms with Crippen molar-refractivity contribution in [3.63, 3.8) is 0 Å². The van der Waals surface area contributed by atoms with Crippen molar-refractivity contribution in [3.05, 3.63) is 29.8 Å². The van der Waals surface area contributed by atoms with Crippen molar-refractivity contribution in [1.29, 1.82) is 0 Å². The Morgan fingerprint density at radius 2 is 1.94 bits per heavy atom. The van der Waals surface area contributed by atoms with Crippen molar-refractivity contribution < 1.29 is 10.2 Å². The summed E-state index contributed by atoms with van der Waals surface area (Å²) in [4.78, 5) is 2.20. The minimum absolute atomic E-state index is 0.0393. The Bertz CT molecular complexity index is 338. The fraction of sp³-hybridized carbons (Fsp3) is 0.500.